The van der Waals surface area contributed by atoms with Crippen LogP contribution in [0.3, 0.4) is 0 Å². The number of benzene rings is 1. The summed E-state index contributed by atoms with van der Waals surface area (Å²) in [7, 11) is 0. The van der Waals surface area contributed by atoms with E-state index in [9.17, 15) is 9.90 Å². The van der Waals surface area contributed by atoms with Crippen molar-refractivity contribution in [2.24, 2.45) is 0 Å². The van der Waals surface area contributed by atoms with Gasteiger partial charge in [0.2, 0.25) is 0 Å². The number of hydrogen-bond acceptors (Lipinski definition) is 4. The molecular weight excluding hydrogens is 220 g/mol. The van der Waals surface area contributed by atoms with E-state index in [-0.39, 0.29) is 6.10 Å². The molecule has 1 saturated heterocycles. The molecule has 1 fully saturated rings. The molecule has 3 rings (SSSR count). The first-order valence-corrected chi connectivity index (χ1v) is 5.53. The van der Waals surface area contributed by atoms with Gasteiger partial charge in [0.15, 0.2) is 6.10 Å². The topological polar surface area (TPSA) is 55.8 Å². The van der Waals surface area contributed by atoms with Gasteiger partial charge in [-0.15, -0.1) is 0 Å². The summed E-state index contributed by atoms with van der Waals surface area (Å²) in [4.78, 5) is 11.1. The number of esters is 1. The highest BCUT2D eigenvalue weighted by Gasteiger charge is 2.46. The standard InChI is InChI=1S/C13H12O4/c14-10-7-6-9-13(17-10)11(15)12(16-9)8-4-2-1-3-5-8/h1-7,9,11-13,15H/t9-,11-,12-,13+/m0/s1. The van der Waals surface area contributed by atoms with Gasteiger partial charge in [0, 0.05) is 6.08 Å². The van der Waals surface area contributed by atoms with Gasteiger partial charge in [-0.1, -0.05) is 30.3 Å². The van der Waals surface area contributed by atoms with E-state index in [4.69, 9.17) is 9.47 Å². The fourth-order valence-corrected chi connectivity index (χ4v) is 2.25. The third-order valence-corrected chi connectivity index (χ3v) is 3.08. The zero-order valence-electron chi connectivity index (χ0n) is 9.02. The fourth-order valence-electron chi connectivity index (χ4n) is 2.25. The molecule has 1 aromatic carbocycles. The normalized spacial score (nSPS) is 35.5. The van der Waals surface area contributed by atoms with Crippen LogP contribution in [0, 0.1) is 0 Å². The van der Waals surface area contributed by atoms with Gasteiger partial charge >= 0.3 is 5.97 Å². The van der Waals surface area contributed by atoms with Crippen LogP contribution in [0.25, 0.3) is 0 Å². The molecule has 4 heteroatoms. The molecular formula is C13H12O4. The van der Waals surface area contributed by atoms with Crippen molar-refractivity contribution >= 4 is 5.97 Å². The molecule has 0 amide bonds. The maximum absolute atomic E-state index is 11.1. The van der Waals surface area contributed by atoms with E-state index < -0.39 is 24.3 Å². The predicted molar refractivity (Wildman–Crippen MR) is 59.1 cm³/mol. The highest BCUT2D eigenvalue weighted by Crippen LogP contribution is 2.36. The highest BCUT2D eigenvalue weighted by molar-refractivity contribution is 5.83. The van der Waals surface area contributed by atoms with Gasteiger partial charge < -0.3 is 14.6 Å². The molecule has 2 heterocycles. The van der Waals surface area contributed by atoms with Crippen molar-refractivity contribution < 1.29 is 19.4 Å². The lowest BCUT2D eigenvalue weighted by Gasteiger charge is -2.20. The molecule has 0 saturated carbocycles. The van der Waals surface area contributed by atoms with E-state index in [2.05, 4.69) is 0 Å². The molecule has 4 atom stereocenters. The molecule has 2 aliphatic heterocycles. The van der Waals surface area contributed by atoms with Crippen LogP contribution in [-0.2, 0) is 14.3 Å². The number of aliphatic hydroxyl groups excluding tert-OH is 1. The highest BCUT2D eigenvalue weighted by atomic mass is 16.6. The summed E-state index contributed by atoms with van der Waals surface area (Å²) in [6, 6.07) is 9.44. The monoisotopic (exact) mass is 232 g/mol. The van der Waals surface area contributed by atoms with E-state index >= 15 is 0 Å². The SMILES string of the molecule is O=C1C=C[C@@H]2O[C@@H](c3ccccc3)[C@H](O)[C@@H]2O1. The first kappa shape index (κ1) is 10.5. The second kappa shape index (κ2) is 3.98. The molecule has 0 unspecified atom stereocenters. The van der Waals surface area contributed by atoms with E-state index in [1.165, 1.54) is 6.08 Å². The molecule has 1 aromatic rings. The zero-order chi connectivity index (χ0) is 11.8. The Bertz CT molecular complexity index is 454. The van der Waals surface area contributed by atoms with Gasteiger partial charge in [-0.3, -0.25) is 0 Å². The van der Waals surface area contributed by atoms with Crippen LogP contribution in [-0.4, -0.2) is 29.4 Å². The third kappa shape index (κ3) is 1.75. The van der Waals surface area contributed by atoms with Crippen LogP contribution >= 0.6 is 0 Å². The summed E-state index contributed by atoms with van der Waals surface area (Å²) < 4.78 is 10.8. The zero-order valence-corrected chi connectivity index (χ0v) is 9.02. The van der Waals surface area contributed by atoms with Gasteiger partial charge in [0.05, 0.1) is 0 Å². The van der Waals surface area contributed by atoms with Gasteiger partial charge in [0.25, 0.3) is 0 Å². The summed E-state index contributed by atoms with van der Waals surface area (Å²) in [5, 5.41) is 10.1. The second-order valence-corrected chi connectivity index (χ2v) is 4.18. The Kier molecular flexibility index (Phi) is 2.46. The van der Waals surface area contributed by atoms with Gasteiger partial charge in [0.1, 0.15) is 18.3 Å². The Morgan fingerprint density at radius 2 is 1.94 bits per heavy atom. The number of carbonyl (C=O) groups excluding carboxylic acids is 1. The lowest BCUT2D eigenvalue weighted by molar-refractivity contribution is -0.150. The lowest BCUT2D eigenvalue weighted by Crippen LogP contribution is -2.36. The number of aliphatic hydroxyl groups is 1. The van der Waals surface area contributed by atoms with Gasteiger partial charge in [-0.25, -0.2) is 4.79 Å². The Balaban J connectivity index is 1.87. The molecule has 0 aromatic heterocycles. The summed E-state index contributed by atoms with van der Waals surface area (Å²) >= 11 is 0. The minimum atomic E-state index is -0.823. The molecule has 4 nitrogen and oxygen atoms in total. The van der Waals surface area contributed by atoms with Crippen molar-refractivity contribution in [2.45, 2.75) is 24.4 Å². The minimum Gasteiger partial charge on any atom is -0.453 e. The van der Waals surface area contributed by atoms with E-state index in [0.717, 1.165) is 5.56 Å². The Labute approximate surface area is 98.5 Å². The van der Waals surface area contributed by atoms with Gasteiger partial charge in [-0.05, 0) is 11.6 Å². The quantitative estimate of drug-likeness (QED) is 0.733. The average molecular weight is 232 g/mol. The summed E-state index contributed by atoms with van der Waals surface area (Å²) in [5.74, 6) is -0.428. The van der Waals surface area contributed by atoms with E-state index in [1.807, 2.05) is 30.3 Å². The van der Waals surface area contributed by atoms with Crippen LogP contribution in [0.1, 0.15) is 11.7 Å². The maximum atomic E-state index is 11.1. The largest absolute Gasteiger partial charge is 0.453 e. The van der Waals surface area contributed by atoms with Crippen LogP contribution < -0.4 is 0 Å². The van der Waals surface area contributed by atoms with Crippen molar-refractivity contribution in [1.82, 2.24) is 0 Å². The average Bonchev–Trinajstić information content (AvgIpc) is 2.68. The molecule has 0 radical (unpaired) electrons. The van der Waals surface area contributed by atoms with Crippen molar-refractivity contribution in [2.75, 3.05) is 0 Å². The van der Waals surface area contributed by atoms with Crippen LogP contribution in [0.5, 0.6) is 0 Å². The predicted octanol–water partition coefficient (Wildman–Crippen LogP) is 0.969. The molecule has 0 bridgehead atoms. The second-order valence-electron chi connectivity index (χ2n) is 4.18. The molecule has 2 aliphatic rings. The van der Waals surface area contributed by atoms with Crippen molar-refractivity contribution in [3.05, 3.63) is 48.0 Å². The smallest absolute Gasteiger partial charge is 0.330 e. The van der Waals surface area contributed by atoms with Crippen LogP contribution in [0.15, 0.2) is 42.5 Å². The van der Waals surface area contributed by atoms with Crippen molar-refractivity contribution in [3.63, 3.8) is 0 Å². The Hall–Kier alpha value is -1.65. The third-order valence-electron chi connectivity index (χ3n) is 3.08. The summed E-state index contributed by atoms with van der Waals surface area (Å²) in [6.45, 7) is 0. The number of rotatable bonds is 1. The van der Waals surface area contributed by atoms with Crippen molar-refractivity contribution in [1.29, 1.82) is 0 Å². The fraction of sp³-hybridized carbons (Fsp3) is 0.308. The molecule has 0 spiro atoms. The number of carbonyl (C=O) groups is 1. The molecule has 0 aliphatic carbocycles. The Morgan fingerprint density at radius 1 is 1.18 bits per heavy atom. The summed E-state index contributed by atoms with van der Waals surface area (Å²) in [5.41, 5.74) is 0.888. The first-order valence-electron chi connectivity index (χ1n) is 5.53. The molecule has 1 N–H and O–H groups in total. The molecule has 88 valence electrons. The summed E-state index contributed by atoms with van der Waals surface area (Å²) in [6.07, 6.45) is 0.757. The maximum Gasteiger partial charge on any atom is 0.330 e. The van der Waals surface area contributed by atoms with Gasteiger partial charge in [-0.2, -0.15) is 0 Å². The van der Waals surface area contributed by atoms with E-state index in [0.29, 0.717) is 0 Å². The number of hydrogen-bond donors (Lipinski definition) is 1. The molecule has 17 heavy (non-hydrogen) atoms. The Morgan fingerprint density at radius 3 is 2.71 bits per heavy atom. The van der Waals surface area contributed by atoms with Crippen LogP contribution in [0.2, 0.25) is 0 Å². The first-order chi connectivity index (χ1) is 8.25. The lowest BCUT2D eigenvalue weighted by atomic mass is 10.0. The minimum absolute atomic E-state index is 0.354. The van der Waals surface area contributed by atoms with Crippen LogP contribution in [0.4, 0.5) is 0 Å². The number of ether oxygens (including phenoxy) is 2. The van der Waals surface area contributed by atoms with Crippen molar-refractivity contribution in [3.8, 4) is 0 Å². The van der Waals surface area contributed by atoms with E-state index in [1.54, 1.807) is 6.08 Å². The number of fused-ring (bicyclic) bond motifs is 1.